The van der Waals surface area contributed by atoms with Crippen LogP contribution in [0, 0.1) is 6.92 Å². The van der Waals surface area contributed by atoms with Gasteiger partial charge in [-0.15, -0.1) is 10.2 Å². The lowest BCUT2D eigenvalue weighted by molar-refractivity contribution is 0.102. The summed E-state index contributed by atoms with van der Waals surface area (Å²) in [5.41, 5.74) is 4.28. The first-order valence-electron chi connectivity index (χ1n) is 11.0. The van der Waals surface area contributed by atoms with Gasteiger partial charge in [0.05, 0.1) is 12.4 Å². The van der Waals surface area contributed by atoms with Gasteiger partial charge in [0.2, 0.25) is 0 Å². The molecule has 0 aliphatic heterocycles. The summed E-state index contributed by atoms with van der Waals surface area (Å²) < 4.78 is 7.54. The Morgan fingerprint density at radius 3 is 2.65 bits per heavy atom. The number of nitrogens with one attached hydrogen (secondary N) is 1. The smallest absolute Gasteiger partial charge is 0.196 e. The van der Waals surface area contributed by atoms with Crippen LogP contribution in [0.3, 0.4) is 0 Å². The number of carbonyl (C=O) groups excluding carboxylic acids is 1. The van der Waals surface area contributed by atoms with Crippen molar-refractivity contribution in [2.45, 2.75) is 19.0 Å². The van der Waals surface area contributed by atoms with Crippen LogP contribution in [0.25, 0.3) is 28.0 Å². The van der Waals surface area contributed by atoms with Gasteiger partial charge < -0.3 is 9.72 Å². The lowest BCUT2D eigenvalue weighted by atomic mass is 10.1. The molecule has 0 radical (unpaired) electrons. The first-order valence-corrected chi connectivity index (χ1v) is 12.0. The van der Waals surface area contributed by atoms with Crippen LogP contribution in [-0.4, -0.2) is 42.9 Å². The minimum Gasteiger partial charge on any atom is -0.494 e. The van der Waals surface area contributed by atoms with Crippen LogP contribution in [0.15, 0.2) is 78.2 Å². The van der Waals surface area contributed by atoms with E-state index in [1.807, 2.05) is 79.1 Å². The van der Waals surface area contributed by atoms with Crippen molar-refractivity contribution in [3.05, 3.63) is 84.3 Å². The third kappa shape index (κ3) is 4.20. The van der Waals surface area contributed by atoms with E-state index < -0.39 is 0 Å². The normalized spacial score (nSPS) is 11.1. The first-order chi connectivity index (χ1) is 16.7. The molecule has 34 heavy (non-hydrogen) atoms. The quantitative estimate of drug-likeness (QED) is 0.239. The van der Waals surface area contributed by atoms with Crippen LogP contribution >= 0.6 is 11.8 Å². The molecule has 0 aliphatic rings. The van der Waals surface area contributed by atoms with E-state index in [1.165, 1.54) is 11.8 Å². The van der Waals surface area contributed by atoms with Gasteiger partial charge in [0.1, 0.15) is 5.75 Å². The van der Waals surface area contributed by atoms with Crippen LogP contribution in [0.4, 0.5) is 0 Å². The number of thioether (sulfide) groups is 1. The molecule has 0 unspecified atom stereocenters. The monoisotopic (exact) mass is 469 g/mol. The number of ether oxygens (including phenoxy) is 1. The van der Waals surface area contributed by atoms with Crippen molar-refractivity contribution in [3.63, 3.8) is 0 Å². The Bertz CT molecular complexity index is 1440. The van der Waals surface area contributed by atoms with Gasteiger partial charge in [-0.05, 0) is 56.3 Å². The summed E-state index contributed by atoms with van der Waals surface area (Å²) in [6, 6.07) is 19.4. The molecule has 2 aromatic carbocycles. The number of rotatable bonds is 8. The largest absolute Gasteiger partial charge is 0.494 e. The first kappa shape index (κ1) is 21.9. The Kier molecular flexibility index (Phi) is 6.14. The molecule has 170 valence electrons. The fourth-order valence-electron chi connectivity index (χ4n) is 3.97. The second-order valence-corrected chi connectivity index (χ2v) is 8.64. The van der Waals surface area contributed by atoms with E-state index in [2.05, 4.69) is 20.2 Å². The Labute approximate surface area is 201 Å². The van der Waals surface area contributed by atoms with Gasteiger partial charge in [-0.1, -0.05) is 30.0 Å². The lowest BCUT2D eigenvalue weighted by Crippen LogP contribution is -2.06. The number of hydrogen-bond acceptors (Lipinski definition) is 6. The van der Waals surface area contributed by atoms with Crippen molar-refractivity contribution in [2.24, 2.45) is 0 Å². The minimum atomic E-state index is 0.0455. The summed E-state index contributed by atoms with van der Waals surface area (Å²) >= 11 is 1.37. The molecule has 0 aliphatic carbocycles. The Morgan fingerprint density at radius 1 is 1.06 bits per heavy atom. The number of aromatic nitrogens is 5. The van der Waals surface area contributed by atoms with E-state index >= 15 is 0 Å². The zero-order chi connectivity index (χ0) is 23.5. The van der Waals surface area contributed by atoms with Crippen molar-refractivity contribution in [1.82, 2.24) is 24.7 Å². The van der Waals surface area contributed by atoms with Crippen LogP contribution in [0.1, 0.15) is 23.0 Å². The second kappa shape index (κ2) is 9.52. The summed E-state index contributed by atoms with van der Waals surface area (Å²) in [5.74, 6) is 1.74. The van der Waals surface area contributed by atoms with Gasteiger partial charge in [-0.3, -0.25) is 14.3 Å². The zero-order valence-electron chi connectivity index (χ0n) is 18.9. The molecular formula is C26H23N5O2S. The maximum atomic E-state index is 13.2. The molecule has 1 N–H and O–H groups in total. The number of pyridine rings is 1. The second-order valence-electron chi connectivity index (χ2n) is 7.69. The average molecular weight is 470 g/mol. The number of nitrogens with zero attached hydrogens (tertiary/aromatic N) is 4. The standard InChI is InChI=1S/C26H23N5O2S/c1-3-33-20-12-10-19(11-13-20)31-25(18-7-6-14-27-15-18)29-30-26(31)34-16-23(32)24-17(2)28-22-9-5-4-8-21(22)24/h4-15,28H,3,16H2,1-2H3. The fourth-order valence-corrected chi connectivity index (χ4v) is 4.80. The molecule has 0 spiro atoms. The van der Waals surface area contributed by atoms with Gasteiger partial charge in [-0.2, -0.15) is 0 Å². The van der Waals surface area contributed by atoms with Crippen molar-refractivity contribution in [2.75, 3.05) is 12.4 Å². The molecule has 7 nitrogen and oxygen atoms in total. The van der Waals surface area contributed by atoms with Gasteiger partial charge in [0, 0.05) is 45.8 Å². The Hall–Kier alpha value is -3.91. The predicted octanol–water partition coefficient (Wildman–Crippen LogP) is 5.49. The molecule has 0 bridgehead atoms. The molecular weight excluding hydrogens is 446 g/mol. The van der Waals surface area contributed by atoms with Gasteiger partial charge >= 0.3 is 0 Å². The van der Waals surface area contributed by atoms with E-state index in [9.17, 15) is 4.79 Å². The number of hydrogen-bond donors (Lipinski definition) is 1. The number of benzene rings is 2. The minimum absolute atomic E-state index is 0.0455. The van der Waals surface area contributed by atoms with Crippen LogP contribution in [0.2, 0.25) is 0 Å². The molecule has 8 heteroatoms. The molecule has 0 saturated carbocycles. The maximum Gasteiger partial charge on any atom is 0.196 e. The third-order valence-electron chi connectivity index (χ3n) is 5.46. The van der Waals surface area contributed by atoms with E-state index in [4.69, 9.17) is 4.74 Å². The van der Waals surface area contributed by atoms with Crippen molar-refractivity contribution >= 4 is 28.4 Å². The Morgan fingerprint density at radius 2 is 1.88 bits per heavy atom. The topological polar surface area (TPSA) is 85.7 Å². The van der Waals surface area contributed by atoms with Crippen LogP contribution in [0.5, 0.6) is 5.75 Å². The molecule has 5 aromatic rings. The number of ketones is 1. The molecule has 3 aromatic heterocycles. The van der Waals surface area contributed by atoms with Gasteiger partial charge in [-0.25, -0.2) is 0 Å². The molecule has 0 atom stereocenters. The highest BCUT2D eigenvalue weighted by atomic mass is 32.2. The van der Waals surface area contributed by atoms with Gasteiger partial charge in [0.15, 0.2) is 16.8 Å². The SMILES string of the molecule is CCOc1ccc(-n2c(SCC(=O)c3c(C)[nH]c4ccccc34)nnc2-c2cccnc2)cc1. The van der Waals surface area contributed by atoms with Crippen molar-refractivity contribution in [3.8, 4) is 22.8 Å². The number of aromatic amines is 1. The molecule has 5 rings (SSSR count). The number of fused-ring (bicyclic) bond motifs is 1. The number of H-pyrrole nitrogens is 1. The van der Waals surface area contributed by atoms with Gasteiger partial charge in [0.25, 0.3) is 0 Å². The highest BCUT2D eigenvalue weighted by Crippen LogP contribution is 2.30. The fraction of sp³-hybridized carbons (Fsp3) is 0.154. The summed E-state index contributed by atoms with van der Waals surface area (Å²) in [7, 11) is 0. The number of carbonyl (C=O) groups is 1. The van der Waals surface area contributed by atoms with E-state index in [0.717, 1.165) is 39.2 Å². The van der Waals surface area contributed by atoms with Crippen LogP contribution < -0.4 is 4.74 Å². The molecule has 0 amide bonds. The zero-order valence-corrected chi connectivity index (χ0v) is 19.7. The summed E-state index contributed by atoms with van der Waals surface area (Å²) in [6.45, 7) is 4.49. The van der Waals surface area contributed by atoms with E-state index in [0.29, 0.717) is 17.6 Å². The summed E-state index contributed by atoms with van der Waals surface area (Å²) in [6.07, 6.45) is 3.48. The Balaban J connectivity index is 1.48. The lowest BCUT2D eigenvalue weighted by Gasteiger charge is -2.11. The third-order valence-corrected chi connectivity index (χ3v) is 6.39. The summed E-state index contributed by atoms with van der Waals surface area (Å²) in [5, 5.41) is 10.4. The van der Waals surface area contributed by atoms with Crippen molar-refractivity contribution < 1.29 is 9.53 Å². The van der Waals surface area contributed by atoms with E-state index in [-0.39, 0.29) is 11.5 Å². The highest BCUT2D eigenvalue weighted by molar-refractivity contribution is 7.99. The predicted molar refractivity (Wildman–Crippen MR) is 134 cm³/mol. The highest BCUT2D eigenvalue weighted by Gasteiger charge is 2.20. The molecule has 0 fully saturated rings. The van der Waals surface area contributed by atoms with E-state index in [1.54, 1.807) is 12.4 Å². The molecule has 0 saturated heterocycles. The summed E-state index contributed by atoms with van der Waals surface area (Å²) in [4.78, 5) is 20.8. The molecule has 3 heterocycles. The van der Waals surface area contributed by atoms with Crippen molar-refractivity contribution in [1.29, 1.82) is 0 Å². The average Bonchev–Trinajstić information content (AvgIpc) is 3.44. The maximum absolute atomic E-state index is 13.2. The number of aryl methyl sites for hydroxylation is 1. The number of para-hydroxylation sites is 1. The van der Waals surface area contributed by atoms with Crippen LogP contribution in [-0.2, 0) is 0 Å². The number of Topliss-reactive ketones (excluding diaryl/α,β-unsaturated/α-hetero) is 1.